The van der Waals surface area contributed by atoms with Gasteiger partial charge in [0.15, 0.2) is 24.6 Å². The van der Waals surface area contributed by atoms with Crippen LogP contribution in [0.1, 0.15) is 74.6 Å². The maximum Gasteiger partial charge on any atom is 0.338 e. The molecular formula is C29H40O10. The molecule has 0 radical (unpaired) electrons. The van der Waals surface area contributed by atoms with E-state index in [4.69, 9.17) is 23.7 Å². The van der Waals surface area contributed by atoms with E-state index in [2.05, 4.69) is 0 Å². The van der Waals surface area contributed by atoms with Crippen molar-refractivity contribution >= 4 is 17.9 Å². The molecule has 10 nitrogen and oxygen atoms in total. The van der Waals surface area contributed by atoms with E-state index >= 15 is 0 Å². The maximum atomic E-state index is 13.3. The highest BCUT2D eigenvalue weighted by Crippen LogP contribution is 2.32. The number of carbonyl (C=O) groups excluding carboxylic acids is 3. The fourth-order valence-electron chi connectivity index (χ4n) is 5.43. The highest BCUT2D eigenvalue weighted by atomic mass is 16.7. The monoisotopic (exact) mass is 548 g/mol. The lowest BCUT2D eigenvalue weighted by Gasteiger charge is -2.41. The molecule has 0 bridgehead atoms. The summed E-state index contributed by atoms with van der Waals surface area (Å²) in [5.74, 6) is -2.05. The quantitative estimate of drug-likeness (QED) is 0.332. The van der Waals surface area contributed by atoms with Crippen LogP contribution in [0.4, 0.5) is 0 Å². The van der Waals surface area contributed by atoms with Crippen molar-refractivity contribution in [3.8, 4) is 0 Å². The summed E-state index contributed by atoms with van der Waals surface area (Å²) in [5.41, 5.74) is 0.269. The fourth-order valence-corrected chi connectivity index (χ4v) is 5.43. The van der Waals surface area contributed by atoms with Crippen molar-refractivity contribution in [3.05, 3.63) is 35.9 Å². The average Bonchev–Trinajstić information content (AvgIpc) is 2.99. The highest BCUT2D eigenvalue weighted by Gasteiger charge is 2.49. The molecule has 216 valence electrons. The van der Waals surface area contributed by atoms with E-state index in [1.165, 1.54) is 0 Å². The fraction of sp³-hybridized carbons (Fsp3) is 0.690. The van der Waals surface area contributed by atoms with Gasteiger partial charge in [-0.3, -0.25) is 9.59 Å². The molecule has 2 N–H and O–H groups in total. The zero-order valence-electron chi connectivity index (χ0n) is 22.3. The number of esters is 3. The Morgan fingerprint density at radius 3 is 2.00 bits per heavy atom. The number of hydrogen-bond donors (Lipinski definition) is 2. The minimum absolute atomic E-state index is 0.152. The van der Waals surface area contributed by atoms with Crippen molar-refractivity contribution in [2.75, 3.05) is 19.8 Å². The van der Waals surface area contributed by atoms with Crippen molar-refractivity contribution in [1.29, 1.82) is 0 Å². The van der Waals surface area contributed by atoms with Gasteiger partial charge in [-0.25, -0.2) is 4.79 Å². The van der Waals surface area contributed by atoms with Gasteiger partial charge in [0.05, 0.1) is 37.2 Å². The minimum Gasteiger partial charge on any atom is -0.456 e. The predicted molar refractivity (Wildman–Crippen MR) is 137 cm³/mol. The van der Waals surface area contributed by atoms with Gasteiger partial charge in [-0.2, -0.15) is 0 Å². The largest absolute Gasteiger partial charge is 0.456 e. The standard InChI is InChI=1S/C29H40O10/c30-16-22(31)17-35-29-25(39-28(34)21-14-8-3-9-15-21)24(38-27(33)20-12-6-2-7-13-20)23(18-36-29)37-26(32)19-10-4-1-5-11-19/h3,8-9,14-15,19-20,22-25,29-31H,1-2,4-7,10-13,16-18H2/t22-,23-,24+,25-,29+/m1/s1. The van der Waals surface area contributed by atoms with E-state index in [0.29, 0.717) is 12.8 Å². The van der Waals surface area contributed by atoms with E-state index in [9.17, 15) is 24.6 Å². The van der Waals surface area contributed by atoms with Gasteiger partial charge in [-0.15, -0.1) is 0 Å². The van der Waals surface area contributed by atoms with E-state index in [0.717, 1.165) is 51.4 Å². The molecule has 1 aliphatic heterocycles. The van der Waals surface area contributed by atoms with Crippen LogP contribution < -0.4 is 0 Å². The van der Waals surface area contributed by atoms with E-state index in [-0.39, 0.29) is 36.6 Å². The predicted octanol–water partition coefficient (Wildman–Crippen LogP) is 2.92. The molecule has 3 aliphatic rings. The summed E-state index contributed by atoms with van der Waals surface area (Å²) in [5, 5.41) is 19.1. The highest BCUT2D eigenvalue weighted by molar-refractivity contribution is 5.89. The molecule has 2 saturated carbocycles. The Bertz CT molecular complexity index is 925. The van der Waals surface area contributed by atoms with Crippen LogP contribution in [0.15, 0.2) is 30.3 Å². The molecule has 10 heteroatoms. The lowest BCUT2D eigenvalue weighted by Crippen LogP contribution is -2.59. The Labute approximate surface area is 228 Å². The first kappa shape index (κ1) is 29.5. The number of benzene rings is 1. The van der Waals surface area contributed by atoms with Crippen molar-refractivity contribution in [3.63, 3.8) is 0 Å². The van der Waals surface area contributed by atoms with Crippen LogP contribution in [0.5, 0.6) is 0 Å². The second-order valence-corrected chi connectivity index (χ2v) is 10.7. The number of hydrogen-bond acceptors (Lipinski definition) is 10. The summed E-state index contributed by atoms with van der Waals surface area (Å²) in [4.78, 5) is 39.4. The van der Waals surface area contributed by atoms with Crippen LogP contribution in [0, 0.1) is 11.8 Å². The van der Waals surface area contributed by atoms with Crippen LogP contribution >= 0.6 is 0 Å². The van der Waals surface area contributed by atoms with Crippen LogP contribution in [-0.2, 0) is 33.3 Å². The number of carbonyl (C=O) groups is 3. The smallest absolute Gasteiger partial charge is 0.338 e. The normalized spacial score (nSPS) is 27.3. The first-order valence-electron chi connectivity index (χ1n) is 14.2. The molecule has 3 fully saturated rings. The summed E-state index contributed by atoms with van der Waals surface area (Å²) in [6.07, 6.45) is 2.85. The minimum atomic E-state index is -1.28. The molecular weight excluding hydrogens is 508 g/mol. The molecule has 0 amide bonds. The van der Waals surface area contributed by atoms with Crippen LogP contribution in [0.25, 0.3) is 0 Å². The molecule has 5 atom stereocenters. The molecule has 1 heterocycles. The first-order chi connectivity index (χ1) is 19.0. The lowest BCUT2D eigenvalue weighted by atomic mass is 9.89. The molecule has 4 rings (SSSR count). The molecule has 1 aromatic carbocycles. The van der Waals surface area contributed by atoms with Gasteiger partial charge in [-0.05, 0) is 37.8 Å². The van der Waals surface area contributed by atoms with Gasteiger partial charge in [-0.1, -0.05) is 56.7 Å². The Balaban J connectivity index is 1.58. The van der Waals surface area contributed by atoms with Crippen LogP contribution in [0.3, 0.4) is 0 Å². The van der Waals surface area contributed by atoms with Gasteiger partial charge in [0.1, 0.15) is 6.10 Å². The number of aliphatic hydroxyl groups excluding tert-OH is 2. The lowest BCUT2D eigenvalue weighted by molar-refractivity contribution is -0.282. The molecule has 0 spiro atoms. The summed E-state index contributed by atoms with van der Waals surface area (Å²) in [6.45, 7) is -1.00. The second-order valence-electron chi connectivity index (χ2n) is 10.7. The van der Waals surface area contributed by atoms with Gasteiger partial charge in [0.25, 0.3) is 0 Å². The molecule has 0 unspecified atom stereocenters. The molecule has 1 aromatic rings. The van der Waals surface area contributed by atoms with Gasteiger partial charge in [0, 0.05) is 0 Å². The van der Waals surface area contributed by atoms with Gasteiger partial charge in [0.2, 0.25) is 0 Å². The number of aliphatic hydroxyl groups is 2. The summed E-state index contributed by atoms with van der Waals surface area (Å²) >= 11 is 0. The third-order valence-electron chi connectivity index (χ3n) is 7.70. The Kier molecular flexibility index (Phi) is 11.1. The second kappa shape index (κ2) is 14.7. The van der Waals surface area contributed by atoms with Crippen molar-refractivity contribution in [2.24, 2.45) is 11.8 Å². The van der Waals surface area contributed by atoms with Crippen LogP contribution in [-0.4, -0.2) is 78.6 Å². The molecule has 1 saturated heterocycles. The van der Waals surface area contributed by atoms with Crippen molar-refractivity contribution in [2.45, 2.75) is 94.9 Å². The Morgan fingerprint density at radius 2 is 1.41 bits per heavy atom. The molecule has 39 heavy (non-hydrogen) atoms. The molecule has 2 aliphatic carbocycles. The van der Waals surface area contributed by atoms with E-state index in [1.807, 2.05) is 0 Å². The number of rotatable bonds is 10. The Hall–Kier alpha value is -2.53. The topological polar surface area (TPSA) is 138 Å². The Morgan fingerprint density at radius 1 is 0.821 bits per heavy atom. The third kappa shape index (κ3) is 8.23. The van der Waals surface area contributed by atoms with Gasteiger partial charge < -0.3 is 33.9 Å². The SMILES string of the molecule is O=C(O[C@H]1[C@@H](OC[C@H](O)CO)OC[C@@H](OC(=O)C2CCCCC2)[C@@H]1OC(=O)C1CCCCC1)c1ccccc1. The summed E-state index contributed by atoms with van der Waals surface area (Å²) in [7, 11) is 0. The third-order valence-corrected chi connectivity index (χ3v) is 7.70. The first-order valence-corrected chi connectivity index (χ1v) is 14.2. The zero-order valence-corrected chi connectivity index (χ0v) is 22.3. The zero-order chi connectivity index (χ0) is 27.6. The van der Waals surface area contributed by atoms with Crippen LogP contribution in [0.2, 0.25) is 0 Å². The maximum absolute atomic E-state index is 13.3. The summed E-state index contributed by atoms with van der Waals surface area (Å²) in [6, 6.07) is 8.31. The van der Waals surface area contributed by atoms with Crippen molar-refractivity contribution in [1.82, 2.24) is 0 Å². The van der Waals surface area contributed by atoms with Crippen molar-refractivity contribution < 1.29 is 48.3 Å². The van der Waals surface area contributed by atoms with E-state index in [1.54, 1.807) is 30.3 Å². The number of ether oxygens (including phenoxy) is 5. The average molecular weight is 549 g/mol. The summed E-state index contributed by atoms with van der Waals surface area (Å²) < 4.78 is 29.1. The molecule has 0 aromatic heterocycles. The van der Waals surface area contributed by atoms with E-state index < -0.39 is 49.3 Å². The van der Waals surface area contributed by atoms with Gasteiger partial charge >= 0.3 is 17.9 Å².